The van der Waals surface area contributed by atoms with Crippen LogP contribution < -0.4 is 0 Å². The van der Waals surface area contributed by atoms with Crippen LogP contribution in [0.25, 0.3) is 0 Å². The van der Waals surface area contributed by atoms with E-state index in [0.717, 1.165) is 17.8 Å². The maximum Gasteiger partial charge on any atom is -0.0299 e. The van der Waals surface area contributed by atoms with Crippen LogP contribution in [0.1, 0.15) is 66.7 Å². The Morgan fingerprint density at radius 2 is 1.88 bits per heavy atom. The van der Waals surface area contributed by atoms with Crippen LogP contribution in [-0.2, 0) is 0 Å². The highest BCUT2D eigenvalue weighted by Gasteiger charge is 2.23. The molecular formula is C16H30. The lowest BCUT2D eigenvalue weighted by molar-refractivity contribution is 0.224. The fourth-order valence-electron chi connectivity index (χ4n) is 3.08. The highest BCUT2D eigenvalue weighted by atomic mass is 14.3. The predicted octanol–water partition coefficient (Wildman–Crippen LogP) is 5.44. The van der Waals surface area contributed by atoms with E-state index >= 15 is 0 Å². The Kier molecular flexibility index (Phi) is 5.08. The molecule has 2 atom stereocenters. The quantitative estimate of drug-likeness (QED) is 0.518. The predicted molar refractivity (Wildman–Crippen MR) is 73.5 cm³/mol. The van der Waals surface area contributed by atoms with Gasteiger partial charge in [-0.15, -0.1) is 0 Å². The molecule has 0 aliphatic heterocycles. The van der Waals surface area contributed by atoms with E-state index in [-0.39, 0.29) is 0 Å². The van der Waals surface area contributed by atoms with Crippen LogP contribution in [0, 0.1) is 23.2 Å². The van der Waals surface area contributed by atoms with E-state index in [9.17, 15) is 0 Å². The summed E-state index contributed by atoms with van der Waals surface area (Å²) < 4.78 is 0. The largest absolute Gasteiger partial charge is 0.0882 e. The maximum absolute atomic E-state index is 2.43. The summed E-state index contributed by atoms with van der Waals surface area (Å²) >= 11 is 0. The molecule has 0 nitrogen and oxygen atoms in total. The van der Waals surface area contributed by atoms with Crippen molar-refractivity contribution >= 4 is 0 Å². The van der Waals surface area contributed by atoms with Gasteiger partial charge in [-0.1, -0.05) is 53.2 Å². The summed E-state index contributed by atoms with van der Waals surface area (Å²) in [6, 6.07) is 0. The summed E-state index contributed by atoms with van der Waals surface area (Å²) in [7, 11) is 0. The smallest absolute Gasteiger partial charge is 0.0299 e. The van der Waals surface area contributed by atoms with Crippen LogP contribution in [0.5, 0.6) is 0 Å². The van der Waals surface area contributed by atoms with Crippen molar-refractivity contribution in [2.45, 2.75) is 66.7 Å². The van der Waals surface area contributed by atoms with E-state index in [1.54, 1.807) is 0 Å². The van der Waals surface area contributed by atoms with Gasteiger partial charge in [-0.3, -0.25) is 0 Å². The zero-order chi connectivity index (χ0) is 12.2. The summed E-state index contributed by atoms with van der Waals surface area (Å²) in [6.07, 6.45) is 11.6. The van der Waals surface area contributed by atoms with Gasteiger partial charge in [0.2, 0.25) is 0 Å². The Hall–Kier alpha value is -0.260. The van der Waals surface area contributed by atoms with Gasteiger partial charge < -0.3 is 0 Å². The highest BCUT2D eigenvalue weighted by Crippen LogP contribution is 2.34. The van der Waals surface area contributed by atoms with Crippen LogP contribution >= 0.6 is 0 Å². The Morgan fingerprint density at radius 3 is 2.50 bits per heavy atom. The summed E-state index contributed by atoms with van der Waals surface area (Å²) in [5, 5.41) is 0. The van der Waals surface area contributed by atoms with Gasteiger partial charge in [0.25, 0.3) is 0 Å². The fraction of sp³-hybridized carbons (Fsp3) is 0.875. The molecule has 1 rings (SSSR count). The van der Waals surface area contributed by atoms with Gasteiger partial charge >= 0.3 is 0 Å². The zero-order valence-corrected chi connectivity index (χ0v) is 11.9. The molecule has 0 saturated carbocycles. The van der Waals surface area contributed by atoms with Crippen LogP contribution in [0.2, 0.25) is 0 Å². The first-order chi connectivity index (χ1) is 7.42. The Morgan fingerprint density at radius 1 is 1.19 bits per heavy atom. The highest BCUT2D eigenvalue weighted by molar-refractivity contribution is 4.91. The summed E-state index contributed by atoms with van der Waals surface area (Å²) in [5.74, 6) is 2.61. The van der Waals surface area contributed by atoms with Crippen molar-refractivity contribution in [3.63, 3.8) is 0 Å². The number of allylic oxidation sites excluding steroid dienone is 2. The molecule has 0 aromatic rings. The van der Waals surface area contributed by atoms with Gasteiger partial charge in [0.15, 0.2) is 0 Å². The lowest BCUT2D eigenvalue weighted by atomic mass is 9.75. The fourth-order valence-corrected chi connectivity index (χ4v) is 3.08. The third kappa shape index (κ3) is 4.31. The van der Waals surface area contributed by atoms with E-state index in [2.05, 4.69) is 46.8 Å². The standard InChI is InChI=1S/C16H30/c1-13(2)15-10-8-12-16(4,5)11-7-6-9-14(15)3/h6-7,13-15H,8-12H2,1-5H3. The molecule has 16 heavy (non-hydrogen) atoms. The van der Waals surface area contributed by atoms with Gasteiger partial charge in [0.05, 0.1) is 0 Å². The zero-order valence-electron chi connectivity index (χ0n) is 11.9. The molecule has 0 saturated heterocycles. The Bertz CT molecular complexity index is 222. The normalized spacial score (nSPS) is 31.6. The van der Waals surface area contributed by atoms with Crippen molar-refractivity contribution in [2.75, 3.05) is 0 Å². The molecule has 94 valence electrons. The third-order valence-electron chi connectivity index (χ3n) is 4.32. The van der Waals surface area contributed by atoms with Crippen molar-refractivity contribution in [1.29, 1.82) is 0 Å². The monoisotopic (exact) mass is 222 g/mol. The minimum absolute atomic E-state index is 0.513. The molecule has 0 aromatic heterocycles. The lowest BCUT2D eigenvalue weighted by Gasteiger charge is -2.30. The van der Waals surface area contributed by atoms with Crippen LogP contribution in [-0.4, -0.2) is 0 Å². The van der Waals surface area contributed by atoms with Crippen LogP contribution in [0.15, 0.2) is 12.2 Å². The molecule has 0 aromatic carbocycles. The second-order valence-corrected chi connectivity index (χ2v) is 6.85. The molecule has 0 N–H and O–H groups in total. The number of hydrogen-bond donors (Lipinski definition) is 0. The van der Waals surface area contributed by atoms with Crippen LogP contribution in [0.3, 0.4) is 0 Å². The second kappa shape index (κ2) is 5.89. The second-order valence-electron chi connectivity index (χ2n) is 6.85. The van der Waals surface area contributed by atoms with Crippen LogP contribution in [0.4, 0.5) is 0 Å². The van der Waals surface area contributed by atoms with Crippen molar-refractivity contribution in [2.24, 2.45) is 23.2 Å². The topological polar surface area (TPSA) is 0 Å². The molecule has 0 bridgehead atoms. The first-order valence-corrected chi connectivity index (χ1v) is 7.07. The Labute approximate surface area is 103 Å². The molecule has 0 amide bonds. The number of rotatable bonds is 1. The summed E-state index contributed by atoms with van der Waals surface area (Å²) in [4.78, 5) is 0. The summed E-state index contributed by atoms with van der Waals surface area (Å²) in [5.41, 5.74) is 0.513. The van der Waals surface area contributed by atoms with Gasteiger partial charge in [0, 0.05) is 0 Å². The molecule has 0 heterocycles. The van der Waals surface area contributed by atoms with Gasteiger partial charge in [0.1, 0.15) is 0 Å². The molecule has 2 unspecified atom stereocenters. The molecule has 0 radical (unpaired) electrons. The lowest BCUT2D eigenvalue weighted by Crippen LogP contribution is -2.20. The third-order valence-corrected chi connectivity index (χ3v) is 4.32. The molecule has 0 spiro atoms. The first kappa shape index (κ1) is 13.8. The Balaban J connectivity index is 2.66. The molecule has 0 heteroatoms. The average Bonchev–Trinajstić information content (AvgIpc) is 2.18. The molecule has 0 fully saturated rings. The van der Waals surface area contributed by atoms with Crippen molar-refractivity contribution in [3.8, 4) is 0 Å². The van der Waals surface area contributed by atoms with E-state index < -0.39 is 0 Å². The van der Waals surface area contributed by atoms with Gasteiger partial charge in [-0.05, 0) is 48.9 Å². The molecular weight excluding hydrogens is 192 g/mol. The van der Waals surface area contributed by atoms with E-state index in [1.807, 2.05) is 0 Å². The van der Waals surface area contributed by atoms with E-state index in [0.29, 0.717) is 5.41 Å². The van der Waals surface area contributed by atoms with Crippen molar-refractivity contribution < 1.29 is 0 Å². The first-order valence-electron chi connectivity index (χ1n) is 7.07. The van der Waals surface area contributed by atoms with Crippen molar-refractivity contribution in [3.05, 3.63) is 12.2 Å². The molecule has 1 aliphatic rings. The average molecular weight is 222 g/mol. The summed E-state index contributed by atoms with van der Waals surface area (Å²) in [6.45, 7) is 12.0. The van der Waals surface area contributed by atoms with E-state index in [1.165, 1.54) is 32.1 Å². The van der Waals surface area contributed by atoms with Gasteiger partial charge in [-0.25, -0.2) is 0 Å². The number of hydrogen-bond acceptors (Lipinski definition) is 0. The molecule has 1 aliphatic carbocycles. The SMILES string of the molecule is CC(C)C1CCCC(C)(C)CC=CCC1C. The maximum atomic E-state index is 2.43. The van der Waals surface area contributed by atoms with Crippen molar-refractivity contribution in [1.82, 2.24) is 0 Å². The van der Waals surface area contributed by atoms with E-state index in [4.69, 9.17) is 0 Å². The van der Waals surface area contributed by atoms with Gasteiger partial charge in [-0.2, -0.15) is 0 Å². The minimum Gasteiger partial charge on any atom is -0.0882 e. The minimum atomic E-state index is 0.513.